The molecule has 3 atom stereocenters. The molecular formula is C73H132N2O7P+. The van der Waals surface area contributed by atoms with E-state index in [0.717, 1.165) is 109 Å². The summed E-state index contributed by atoms with van der Waals surface area (Å²) in [6.07, 6.45) is 84.2. The summed E-state index contributed by atoms with van der Waals surface area (Å²) in [6.45, 7) is 6.87. The highest BCUT2D eigenvalue weighted by Gasteiger charge is 2.30. The monoisotopic (exact) mass is 1180 g/mol. The van der Waals surface area contributed by atoms with E-state index in [0.29, 0.717) is 23.9 Å². The van der Waals surface area contributed by atoms with Crippen molar-refractivity contribution >= 4 is 19.7 Å². The summed E-state index contributed by atoms with van der Waals surface area (Å²) in [4.78, 5) is 37.8. The predicted octanol–water partition coefficient (Wildman–Crippen LogP) is 21.9. The van der Waals surface area contributed by atoms with Crippen molar-refractivity contribution in [2.75, 3.05) is 40.9 Å². The number of likely N-dealkylation sites (N-methyl/N-ethyl adjacent to an activating group) is 1. The van der Waals surface area contributed by atoms with E-state index in [2.05, 4.69) is 111 Å². The van der Waals surface area contributed by atoms with Crippen molar-refractivity contribution in [3.63, 3.8) is 0 Å². The molecule has 83 heavy (non-hydrogen) atoms. The van der Waals surface area contributed by atoms with E-state index in [1.807, 2.05) is 33.3 Å². The van der Waals surface area contributed by atoms with E-state index >= 15 is 0 Å². The van der Waals surface area contributed by atoms with Crippen molar-refractivity contribution in [3.8, 4) is 0 Å². The standard InChI is InChI=1S/C73H131N2O7P/c1-7-10-13-16-19-22-25-27-29-31-33-35-36-37-38-40-41-43-45-47-50-53-56-59-62-65-72(76)74-70(69-81-83(78,79)80-68-67-75(4,5)6)71(64-61-58-55-52-49-24-21-18-15-12-9-3)82-73(77)66-63-60-57-54-51-48-46-44-42-39-34-32-30-28-26-23-20-17-14-11-8-2/h11,14,19-20,22-23,27-30,34,39,44,46,61,64,70-71H,7-10,12-13,15-18,21,24-26,31-33,35-38,40-43,45,47-60,62-63,65-69H2,1-6H3,(H-,74,76,78,79)/p+1/b14-11-,22-19-,23-20-,29-27-,30-28-,39-34-,46-44-,64-61-. The van der Waals surface area contributed by atoms with Gasteiger partial charge in [-0.3, -0.25) is 18.6 Å². The smallest absolute Gasteiger partial charge is 0.456 e. The molecule has 0 heterocycles. The molecule has 0 aromatic rings. The number of unbranched alkanes of at least 4 members (excludes halogenated alkanes) is 32. The Bertz CT molecular complexity index is 1740. The van der Waals surface area contributed by atoms with Crippen LogP contribution >= 0.6 is 7.82 Å². The first kappa shape index (κ1) is 79.9. The number of carbonyl (C=O) groups is 2. The molecule has 0 fully saturated rings. The number of hydrogen-bond donors (Lipinski definition) is 2. The number of phosphoric acid groups is 1. The molecule has 1 amide bonds. The van der Waals surface area contributed by atoms with E-state index in [4.69, 9.17) is 13.8 Å². The summed E-state index contributed by atoms with van der Waals surface area (Å²) in [6, 6.07) is -0.862. The fourth-order valence-electron chi connectivity index (χ4n) is 9.70. The average Bonchev–Trinajstić information content (AvgIpc) is 3.51. The van der Waals surface area contributed by atoms with Gasteiger partial charge in [-0.15, -0.1) is 0 Å². The van der Waals surface area contributed by atoms with Gasteiger partial charge in [0, 0.05) is 12.8 Å². The van der Waals surface area contributed by atoms with Crippen LogP contribution < -0.4 is 5.32 Å². The van der Waals surface area contributed by atoms with Crippen LogP contribution in [0.3, 0.4) is 0 Å². The van der Waals surface area contributed by atoms with Crippen LogP contribution in [0.15, 0.2) is 97.2 Å². The van der Waals surface area contributed by atoms with Gasteiger partial charge < -0.3 is 19.4 Å². The molecule has 10 heteroatoms. The highest BCUT2D eigenvalue weighted by molar-refractivity contribution is 7.47. The maximum absolute atomic E-state index is 13.6. The minimum atomic E-state index is -4.46. The van der Waals surface area contributed by atoms with Crippen molar-refractivity contribution in [2.45, 2.75) is 315 Å². The van der Waals surface area contributed by atoms with Gasteiger partial charge in [-0.1, -0.05) is 279 Å². The maximum atomic E-state index is 13.6. The van der Waals surface area contributed by atoms with Gasteiger partial charge >= 0.3 is 13.8 Å². The zero-order valence-corrected chi connectivity index (χ0v) is 55.8. The zero-order valence-electron chi connectivity index (χ0n) is 54.9. The van der Waals surface area contributed by atoms with Crippen molar-refractivity contribution < 1.29 is 37.3 Å². The lowest BCUT2D eigenvalue weighted by molar-refractivity contribution is -0.870. The fraction of sp³-hybridized carbons (Fsp3) is 0.753. The Balaban J connectivity index is 5.08. The Labute approximate surface area is 513 Å². The van der Waals surface area contributed by atoms with Crippen molar-refractivity contribution in [2.24, 2.45) is 0 Å². The number of esters is 1. The van der Waals surface area contributed by atoms with Gasteiger partial charge in [-0.2, -0.15) is 0 Å². The number of phosphoric ester groups is 1. The van der Waals surface area contributed by atoms with Crippen LogP contribution in [0.4, 0.5) is 0 Å². The lowest BCUT2D eigenvalue weighted by Gasteiger charge is -2.27. The van der Waals surface area contributed by atoms with Gasteiger partial charge in [0.05, 0.1) is 33.8 Å². The first-order chi connectivity index (χ1) is 40.4. The third kappa shape index (κ3) is 63.3. The van der Waals surface area contributed by atoms with E-state index in [-0.39, 0.29) is 31.5 Å². The van der Waals surface area contributed by atoms with E-state index in [9.17, 15) is 19.0 Å². The molecule has 0 aliphatic heterocycles. The second-order valence-corrected chi connectivity index (χ2v) is 25.8. The van der Waals surface area contributed by atoms with Crippen LogP contribution in [0.2, 0.25) is 0 Å². The van der Waals surface area contributed by atoms with Crippen molar-refractivity contribution in [1.82, 2.24) is 5.32 Å². The van der Waals surface area contributed by atoms with E-state index in [1.54, 1.807) is 0 Å². The number of ether oxygens (including phenoxy) is 1. The van der Waals surface area contributed by atoms with Gasteiger partial charge in [-0.25, -0.2) is 4.57 Å². The molecule has 9 nitrogen and oxygen atoms in total. The Hall–Kier alpha value is -3.07. The first-order valence-corrected chi connectivity index (χ1v) is 36.1. The van der Waals surface area contributed by atoms with Crippen LogP contribution in [-0.2, 0) is 27.9 Å². The zero-order chi connectivity index (χ0) is 60.7. The molecule has 0 aromatic carbocycles. The SMILES string of the molecule is CC/C=C\C/C=C\C/C=C\C/C=C\C/C=C\CCCCCCCC(=O)OC(/C=C\CCCCCCCCCCC)C(COP(=O)(O)OCC[N+](C)(C)C)NC(=O)CCCCCCCCCCCCCCCCC/C=C\C/C=C\CCCCC. The molecule has 0 aliphatic rings. The summed E-state index contributed by atoms with van der Waals surface area (Å²) in [5, 5.41) is 3.06. The van der Waals surface area contributed by atoms with Crippen LogP contribution in [-0.4, -0.2) is 74.3 Å². The highest BCUT2D eigenvalue weighted by atomic mass is 31.2. The highest BCUT2D eigenvalue weighted by Crippen LogP contribution is 2.43. The molecule has 480 valence electrons. The topological polar surface area (TPSA) is 111 Å². The van der Waals surface area contributed by atoms with E-state index in [1.165, 1.54) is 154 Å². The number of quaternary nitrogens is 1. The Morgan fingerprint density at radius 3 is 1.18 bits per heavy atom. The summed E-state index contributed by atoms with van der Waals surface area (Å²) in [7, 11) is 1.48. The number of nitrogens with zero attached hydrogens (tertiary/aromatic N) is 1. The Morgan fingerprint density at radius 2 is 0.771 bits per heavy atom. The van der Waals surface area contributed by atoms with Gasteiger partial charge in [0.1, 0.15) is 19.3 Å². The number of carbonyl (C=O) groups excluding carboxylic acids is 2. The van der Waals surface area contributed by atoms with Gasteiger partial charge in [0.15, 0.2) is 0 Å². The molecule has 0 aromatic heterocycles. The van der Waals surface area contributed by atoms with Gasteiger partial charge in [0.2, 0.25) is 5.91 Å². The number of rotatable bonds is 62. The first-order valence-electron chi connectivity index (χ1n) is 34.6. The summed E-state index contributed by atoms with van der Waals surface area (Å²) < 4.78 is 30.8. The minimum Gasteiger partial charge on any atom is -0.456 e. The molecule has 0 saturated heterocycles. The lowest BCUT2D eigenvalue weighted by atomic mass is 10.0. The number of allylic oxidation sites excluding steroid dienone is 15. The molecular weight excluding hydrogens is 1050 g/mol. The van der Waals surface area contributed by atoms with Gasteiger partial charge in [-0.05, 0) is 109 Å². The Morgan fingerprint density at radius 1 is 0.434 bits per heavy atom. The molecule has 0 aliphatic carbocycles. The summed E-state index contributed by atoms with van der Waals surface area (Å²) in [5.74, 6) is -0.525. The largest absolute Gasteiger partial charge is 0.472 e. The lowest BCUT2D eigenvalue weighted by Crippen LogP contribution is -2.47. The summed E-state index contributed by atoms with van der Waals surface area (Å²) in [5.41, 5.74) is 0. The van der Waals surface area contributed by atoms with Crippen LogP contribution in [0.25, 0.3) is 0 Å². The summed E-state index contributed by atoms with van der Waals surface area (Å²) >= 11 is 0. The second kappa shape index (κ2) is 62.0. The predicted molar refractivity (Wildman–Crippen MR) is 360 cm³/mol. The van der Waals surface area contributed by atoms with Crippen LogP contribution in [0, 0.1) is 0 Å². The number of nitrogens with one attached hydrogen (secondary N) is 1. The van der Waals surface area contributed by atoms with Crippen molar-refractivity contribution in [3.05, 3.63) is 97.2 Å². The molecule has 0 bridgehead atoms. The molecule has 3 unspecified atom stereocenters. The average molecular weight is 1180 g/mol. The Kier molecular flexibility index (Phi) is 59.7. The fourth-order valence-corrected chi connectivity index (χ4v) is 10.4. The number of hydrogen-bond acceptors (Lipinski definition) is 6. The van der Waals surface area contributed by atoms with Crippen LogP contribution in [0.1, 0.15) is 303 Å². The molecule has 0 saturated carbocycles. The maximum Gasteiger partial charge on any atom is 0.472 e. The molecule has 0 radical (unpaired) electrons. The second-order valence-electron chi connectivity index (χ2n) is 24.3. The third-order valence-corrected chi connectivity index (χ3v) is 16.0. The normalized spacial score (nSPS) is 14.2. The molecule has 2 N–H and O–H groups in total. The molecule has 0 rings (SSSR count). The minimum absolute atomic E-state index is 0.0335. The molecule has 0 spiro atoms. The van der Waals surface area contributed by atoms with Crippen molar-refractivity contribution in [1.29, 1.82) is 0 Å². The van der Waals surface area contributed by atoms with E-state index < -0.39 is 20.0 Å². The number of amides is 1. The van der Waals surface area contributed by atoms with Gasteiger partial charge in [0.25, 0.3) is 0 Å². The quantitative estimate of drug-likeness (QED) is 0.0205. The third-order valence-electron chi connectivity index (χ3n) is 15.0. The van der Waals surface area contributed by atoms with Crippen LogP contribution in [0.5, 0.6) is 0 Å².